The lowest BCUT2D eigenvalue weighted by Gasteiger charge is -2.44. The van der Waals surface area contributed by atoms with Crippen molar-refractivity contribution in [2.75, 3.05) is 6.54 Å². The summed E-state index contributed by atoms with van der Waals surface area (Å²) < 4.78 is 6.40. The molecule has 0 aromatic rings. The van der Waals surface area contributed by atoms with Crippen LogP contribution in [-0.4, -0.2) is 51.7 Å². The number of ether oxygens (including phenoxy) is 1. The van der Waals surface area contributed by atoms with Gasteiger partial charge in [-0.25, -0.2) is 0 Å². The molecule has 1 aliphatic heterocycles. The number of aliphatic hydroxyl groups excluding tert-OH is 3. The van der Waals surface area contributed by atoms with Gasteiger partial charge in [-0.15, -0.1) is 0 Å². The summed E-state index contributed by atoms with van der Waals surface area (Å²) in [6, 6.07) is 0. The third-order valence-corrected chi connectivity index (χ3v) is 11.4. The Labute approximate surface area is 235 Å². The van der Waals surface area contributed by atoms with Crippen molar-refractivity contribution in [3.63, 3.8) is 0 Å². The van der Waals surface area contributed by atoms with E-state index in [-0.39, 0.29) is 16.4 Å². The lowest BCUT2D eigenvalue weighted by Crippen LogP contribution is -2.37. The van der Waals surface area contributed by atoms with Crippen LogP contribution in [0.2, 0.25) is 0 Å². The number of hydrogen-bond donors (Lipinski definition) is 3. The Bertz CT molecular complexity index is 1060. The molecule has 0 saturated heterocycles. The molecular weight excluding hydrogens is 486 g/mol. The van der Waals surface area contributed by atoms with E-state index in [1.807, 2.05) is 6.08 Å². The highest BCUT2D eigenvalue weighted by Gasteiger charge is 2.57. The van der Waals surface area contributed by atoms with Gasteiger partial charge in [-0.3, -0.25) is 4.99 Å². The Hall–Kier alpha value is -1.69. The Kier molecular flexibility index (Phi) is 8.09. The van der Waals surface area contributed by atoms with Crippen LogP contribution in [0.4, 0.5) is 0 Å². The number of fused-ring (bicyclic) bond motifs is 1. The minimum atomic E-state index is -0.642. The van der Waals surface area contributed by atoms with Gasteiger partial charge in [0.2, 0.25) is 0 Å². The highest BCUT2D eigenvalue weighted by molar-refractivity contribution is 5.88. The Morgan fingerprint density at radius 2 is 1.85 bits per heavy atom. The monoisotopic (exact) mass is 537 g/mol. The zero-order chi connectivity index (χ0) is 28.0. The first-order valence-corrected chi connectivity index (χ1v) is 15.6. The van der Waals surface area contributed by atoms with Gasteiger partial charge in [0.1, 0.15) is 5.60 Å². The molecule has 39 heavy (non-hydrogen) atoms. The first-order valence-electron chi connectivity index (χ1n) is 15.6. The molecule has 5 nitrogen and oxygen atoms in total. The quantitative estimate of drug-likeness (QED) is 0.311. The van der Waals surface area contributed by atoms with E-state index < -0.39 is 18.3 Å². The standard InChI is InChI=1S/C34H51NO4/c1-6-33(7-2)21-35-31(39-33)34(17-18-34)30(38)15-10-22(3)27-13-14-28-24(9-8-16-32(27,28)5)11-12-25-19-26(36)20-29(37)23(25)4/h10-12,15,22,26-30,36-38H,4,6-9,13-14,16-21H2,1-3,5H3/t22-,26-,27-,28+,29+,30-,32-/m1/s1. The van der Waals surface area contributed by atoms with Gasteiger partial charge in [-0.2, -0.15) is 0 Å². The van der Waals surface area contributed by atoms with Crippen molar-refractivity contribution in [1.29, 1.82) is 0 Å². The number of nitrogens with zero attached hydrogens (tertiary/aromatic N) is 1. The first-order chi connectivity index (χ1) is 18.6. The van der Waals surface area contributed by atoms with Gasteiger partial charge in [0.15, 0.2) is 5.90 Å². The fourth-order valence-electron chi connectivity index (χ4n) is 8.34. The molecule has 7 atom stereocenters. The Morgan fingerprint density at radius 3 is 2.51 bits per heavy atom. The molecule has 4 fully saturated rings. The third-order valence-electron chi connectivity index (χ3n) is 11.4. The van der Waals surface area contributed by atoms with Crippen LogP contribution in [0, 0.1) is 28.6 Å². The summed E-state index contributed by atoms with van der Waals surface area (Å²) in [4.78, 5) is 4.78. The van der Waals surface area contributed by atoms with E-state index in [1.165, 1.54) is 31.3 Å². The third kappa shape index (κ3) is 5.24. The maximum Gasteiger partial charge on any atom is 0.193 e. The van der Waals surface area contributed by atoms with Gasteiger partial charge in [0.25, 0.3) is 0 Å². The lowest BCUT2D eigenvalue weighted by atomic mass is 9.61. The van der Waals surface area contributed by atoms with Crippen molar-refractivity contribution < 1.29 is 20.1 Å². The van der Waals surface area contributed by atoms with E-state index in [0.29, 0.717) is 37.1 Å². The Balaban J connectivity index is 1.26. The van der Waals surface area contributed by atoms with Gasteiger partial charge in [-0.05, 0) is 98.5 Å². The van der Waals surface area contributed by atoms with E-state index in [4.69, 9.17) is 9.73 Å². The summed E-state index contributed by atoms with van der Waals surface area (Å²) in [6.07, 6.45) is 17.8. The molecule has 5 rings (SSSR count). The second kappa shape index (κ2) is 10.9. The van der Waals surface area contributed by atoms with E-state index in [1.54, 1.807) is 0 Å². The maximum absolute atomic E-state index is 11.3. The molecule has 216 valence electrons. The second-order valence-electron chi connectivity index (χ2n) is 13.6. The first kappa shape index (κ1) is 28.8. The number of rotatable bonds is 8. The van der Waals surface area contributed by atoms with Crippen LogP contribution < -0.4 is 0 Å². The SMILES string of the molecule is C=C1C(=CC=C2CCC[C@]3(C)[C@@H]([C@H](C)C=C[C@@H](O)C4(C5=NCC(CC)(CC)O5)CC4)CC[C@@H]23)C[C@@H](O)C[C@@H]1O. The normalized spacial score (nSPS) is 39.1. The molecule has 0 radical (unpaired) electrons. The Morgan fingerprint density at radius 1 is 1.10 bits per heavy atom. The predicted octanol–water partition coefficient (Wildman–Crippen LogP) is 6.45. The smallest absolute Gasteiger partial charge is 0.193 e. The van der Waals surface area contributed by atoms with Gasteiger partial charge in [-0.1, -0.05) is 64.2 Å². The van der Waals surface area contributed by atoms with Crippen molar-refractivity contribution in [1.82, 2.24) is 0 Å². The summed E-state index contributed by atoms with van der Waals surface area (Å²) in [5, 5.41) is 31.7. The summed E-state index contributed by atoms with van der Waals surface area (Å²) in [7, 11) is 0. The molecule has 5 aliphatic rings. The van der Waals surface area contributed by atoms with E-state index in [9.17, 15) is 15.3 Å². The summed E-state index contributed by atoms with van der Waals surface area (Å²) >= 11 is 0. The molecule has 0 aromatic heterocycles. The van der Waals surface area contributed by atoms with Crippen LogP contribution in [0.1, 0.15) is 98.3 Å². The minimum absolute atomic E-state index is 0.179. The van der Waals surface area contributed by atoms with E-state index in [0.717, 1.165) is 49.1 Å². The van der Waals surface area contributed by atoms with Crippen LogP contribution >= 0.6 is 0 Å². The molecule has 5 heteroatoms. The largest absolute Gasteiger partial charge is 0.472 e. The number of allylic oxidation sites excluding steroid dienone is 4. The zero-order valence-electron chi connectivity index (χ0n) is 24.7. The zero-order valence-corrected chi connectivity index (χ0v) is 24.7. The summed E-state index contributed by atoms with van der Waals surface area (Å²) in [5.74, 6) is 2.33. The van der Waals surface area contributed by atoms with Crippen LogP contribution in [0.25, 0.3) is 0 Å². The fraction of sp³-hybridized carbons (Fsp3) is 0.735. The van der Waals surface area contributed by atoms with Crippen molar-refractivity contribution in [2.45, 2.75) is 122 Å². The van der Waals surface area contributed by atoms with Crippen LogP contribution in [-0.2, 0) is 4.74 Å². The molecule has 4 saturated carbocycles. The topological polar surface area (TPSA) is 82.3 Å². The predicted molar refractivity (Wildman–Crippen MR) is 157 cm³/mol. The average molecular weight is 538 g/mol. The molecule has 0 spiro atoms. The van der Waals surface area contributed by atoms with Crippen LogP contribution in [0.3, 0.4) is 0 Å². The molecule has 0 amide bonds. The van der Waals surface area contributed by atoms with Crippen molar-refractivity contribution in [3.05, 3.63) is 47.6 Å². The summed E-state index contributed by atoms with van der Waals surface area (Å²) in [5.41, 5.74) is 3.01. The highest BCUT2D eigenvalue weighted by atomic mass is 16.5. The molecular formula is C34H51NO4. The molecule has 1 heterocycles. The van der Waals surface area contributed by atoms with Gasteiger partial charge in [0.05, 0.1) is 30.3 Å². The van der Waals surface area contributed by atoms with Crippen LogP contribution in [0.15, 0.2) is 52.6 Å². The van der Waals surface area contributed by atoms with Crippen molar-refractivity contribution in [3.8, 4) is 0 Å². The maximum atomic E-state index is 11.3. The van der Waals surface area contributed by atoms with E-state index >= 15 is 0 Å². The fourth-order valence-corrected chi connectivity index (χ4v) is 8.34. The van der Waals surface area contributed by atoms with Crippen molar-refractivity contribution >= 4 is 5.90 Å². The molecule has 0 aromatic carbocycles. The lowest BCUT2D eigenvalue weighted by molar-refractivity contribution is 0.0589. The second-order valence-corrected chi connectivity index (χ2v) is 13.6. The number of hydrogen-bond acceptors (Lipinski definition) is 5. The molecule has 0 unspecified atom stereocenters. The number of aliphatic imine (C=N–C) groups is 1. The summed E-state index contributed by atoms with van der Waals surface area (Å²) in [6.45, 7) is 14.0. The average Bonchev–Trinajstić information content (AvgIpc) is 3.48. The molecule has 3 N–H and O–H groups in total. The highest BCUT2D eigenvalue weighted by Crippen LogP contribution is 2.60. The van der Waals surface area contributed by atoms with E-state index in [2.05, 4.69) is 52.5 Å². The van der Waals surface area contributed by atoms with Crippen molar-refractivity contribution in [2.24, 2.45) is 33.6 Å². The molecule has 4 aliphatic carbocycles. The van der Waals surface area contributed by atoms with Gasteiger partial charge in [0, 0.05) is 6.42 Å². The van der Waals surface area contributed by atoms with Gasteiger partial charge < -0.3 is 20.1 Å². The number of aliphatic hydroxyl groups is 3. The molecule has 0 bridgehead atoms. The minimum Gasteiger partial charge on any atom is -0.472 e. The van der Waals surface area contributed by atoms with Crippen LogP contribution in [0.5, 0.6) is 0 Å². The van der Waals surface area contributed by atoms with Gasteiger partial charge >= 0.3 is 0 Å².